The number of hydrogen-bond acceptors (Lipinski definition) is 3. The molecule has 5 nitrogen and oxygen atoms in total. The zero-order chi connectivity index (χ0) is 15.6. The maximum absolute atomic E-state index is 12.3. The minimum atomic E-state index is -0.101. The Morgan fingerprint density at radius 3 is 2.82 bits per heavy atom. The van der Waals surface area contributed by atoms with E-state index in [1.165, 1.54) is 0 Å². The van der Waals surface area contributed by atoms with Crippen LogP contribution in [0.2, 0.25) is 0 Å². The van der Waals surface area contributed by atoms with Crippen LogP contribution in [0.15, 0.2) is 36.0 Å². The molecule has 1 unspecified atom stereocenters. The third kappa shape index (κ3) is 2.71. The highest BCUT2D eigenvalue weighted by atomic mass is 16.5. The number of carbonyl (C=O) groups excluding carboxylic acids is 2. The van der Waals surface area contributed by atoms with Crippen LogP contribution in [0.3, 0.4) is 0 Å². The molecule has 5 heteroatoms. The molecule has 1 heterocycles. The Morgan fingerprint density at radius 1 is 1.32 bits per heavy atom. The van der Waals surface area contributed by atoms with Crippen molar-refractivity contribution in [1.29, 1.82) is 0 Å². The van der Waals surface area contributed by atoms with Gasteiger partial charge in [-0.2, -0.15) is 0 Å². The Hall–Kier alpha value is -2.30. The van der Waals surface area contributed by atoms with E-state index in [0.717, 1.165) is 30.7 Å². The van der Waals surface area contributed by atoms with E-state index in [-0.39, 0.29) is 17.2 Å². The average molecular weight is 300 g/mol. The lowest BCUT2D eigenvalue weighted by Gasteiger charge is -2.36. The smallest absolute Gasteiger partial charge is 0.251 e. The Balaban J connectivity index is 1.65. The van der Waals surface area contributed by atoms with Gasteiger partial charge in [0.2, 0.25) is 5.91 Å². The fraction of sp³-hybridized carbons (Fsp3) is 0.412. The second-order valence-electron chi connectivity index (χ2n) is 5.90. The van der Waals surface area contributed by atoms with Crippen LogP contribution in [0, 0.1) is 5.41 Å². The number of methoxy groups -OCH3 is 1. The van der Waals surface area contributed by atoms with Gasteiger partial charge in [0.15, 0.2) is 0 Å². The average Bonchev–Trinajstić information content (AvgIpc) is 2.96. The van der Waals surface area contributed by atoms with Gasteiger partial charge in [0.05, 0.1) is 7.11 Å². The van der Waals surface area contributed by atoms with E-state index >= 15 is 0 Å². The predicted octanol–water partition coefficient (Wildman–Crippen LogP) is 2.00. The van der Waals surface area contributed by atoms with Gasteiger partial charge in [0, 0.05) is 29.6 Å². The second kappa shape index (κ2) is 5.83. The largest absolute Gasteiger partial charge is 0.497 e. The quantitative estimate of drug-likeness (QED) is 0.893. The van der Waals surface area contributed by atoms with Gasteiger partial charge in [-0.1, -0.05) is 6.08 Å². The SMILES string of the molecule is COc1ccc(C(=O)NCC23CCC=C2NC(=O)CC3)cc1. The van der Waals surface area contributed by atoms with Gasteiger partial charge in [0.1, 0.15) is 5.75 Å². The van der Waals surface area contributed by atoms with Crippen LogP contribution < -0.4 is 15.4 Å². The molecule has 116 valence electrons. The van der Waals surface area contributed by atoms with E-state index in [0.29, 0.717) is 18.5 Å². The summed E-state index contributed by atoms with van der Waals surface area (Å²) in [6.45, 7) is 0.559. The van der Waals surface area contributed by atoms with Crippen LogP contribution in [0.5, 0.6) is 5.75 Å². The lowest BCUT2D eigenvalue weighted by atomic mass is 9.77. The normalized spacial score (nSPS) is 23.3. The molecule has 2 aliphatic rings. The summed E-state index contributed by atoms with van der Waals surface area (Å²) in [4.78, 5) is 23.8. The summed E-state index contributed by atoms with van der Waals surface area (Å²) in [7, 11) is 1.60. The molecule has 0 spiro atoms. The zero-order valence-electron chi connectivity index (χ0n) is 12.6. The predicted molar refractivity (Wildman–Crippen MR) is 82.5 cm³/mol. The van der Waals surface area contributed by atoms with Crippen molar-refractivity contribution in [3.05, 3.63) is 41.6 Å². The van der Waals surface area contributed by atoms with E-state index in [4.69, 9.17) is 4.74 Å². The molecule has 1 saturated heterocycles. The number of nitrogens with one attached hydrogen (secondary N) is 2. The Kier molecular flexibility index (Phi) is 3.88. The van der Waals surface area contributed by atoms with Gasteiger partial charge in [-0.05, 0) is 43.5 Å². The van der Waals surface area contributed by atoms with Gasteiger partial charge in [-0.3, -0.25) is 9.59 Å². The summed E-state index contributed by atoms with van der Waals surface area (Å²) < 4.78 is 5.09. The fourth-order valence-electron chi connectivity index (χ4n) is 3.22. The minimum absolute atomic E-state index is 0.0743. The van der Waals surface area contributed by atoms with Crippen LogP contribution in [-0.4, -0.2) is 25.5 Å². The standard InChI is InChI=1S/C17H20N2O3/c1-22-13-6-4-12(5-7-13)16(21)18-11-17-9-2-3-14(17)19-15(20)8-10-17/h3-7H,2,8-11H2,1H3,(H,18,21)(H,19,20). The number of fused-ring (bicyclic) bond motifs is 1. The molecule has 1 aliphatic carbocycles. The molecule has 22 heavy (non-hydrogen) atoms. The van der Waals surface area contributed by atoms with Crippen LogP contribution in [0.25, 0.3) is 0 Å². The fourth-order valence-corrected chi connectivity index (χ4v) is 3.22. The molecule has 1 atom stereocenters. The van der Waals surface area contributed by atoms with E-state index in [1.54, 1.807) is 31.4 Å². The molecule has 0 bridgehead atoms. The third-order valence-electron chi connectivity index (χ3n) is 4.59. The minimum Gasteiger partial charge on any atom is -0.497 e. The monoisotopic (exact) mass is 300 g/mol. The first kappa shape index (κ1) is 14.6. The molecule has 2 amide bonds. The van der Waals surface area contributed by atoms with Crippen molar-refractivity contribution in [3.63, 3.8) is 0 Å². The van der Waals surface area contributed by atoms with Gasteiger partial charge in [-0.15, -0.1) is 0 Å². The number of rotatable bonds is 4. The molecule has 1 aromatic carbocycles. The number of amides is 2. The van der Waals surface area contributed by atoms with E-state index in [9.17, 15) is 9.59 Å². The van der Waals surface area contributed by atoms with Crippen molar-refractivity contribution in [2.75, 3.05) is 13.7 Å². The van der Waals surface area contributed by atoms with Crippen LogP contribution >= 0.6 is 0 Å². The first-order chi connectivity index (χ1) is 10.6. The lowest BCUT2D eigenvalue weighted by molar-refractivity contribution is -0.122. The van der Waals surface area contributed by atoms with Crippen molar-refractivity contribution in [3.8, 4) is 5.75 Å². The van der Waals surface area contributed by atoms with Crippen molar-refractivity contribution >= 4 is 11.8 Å². The number of piperidine rings is 1. The van der Waals surface area contributed by atoms with Crippen molar-refractivity contribution in [1.82, 2.24) is 10.6 Å². The first-order valence-corrected chi connectivity index (χ1v) is 7.56. The maximum atomic E-state index is 12.3. The molecule has 1 aliphatic heterocycles. The van der Waals surface area contributed by atoms with Crippen molar-refractivity contribution in [2.45, 2.75) is 25.7 Å². The Morgan fingerprint density at radius 2 is 2.09 bits per heavy atom. The van der Waals surface area contributed by atoms with E-state index in [1.807, 2.05) is 0 Å². The summed E-state index contributed by atoms with van der Waals surface area (Å²) in [5.41, 5.74) is 1.50. The van der Waals surface area contributed by atoms with E-state index in [2.05, 4.69) is 16.7 Å². The summed E-state index contributed by atoms with van der Waals surface area (Å²) in [6, 6.07) is 7.05. The summed E-state index contributed by atoms with van der Waals surface area (Å²) >= 11 is 0. The molecular weight excluding hydrogens is 280 g/mol. The Labute approximate surface area is 129 Å². The Bertz CT molecular complexity index is 621. The molecule has 0 aromatic heterocycles. The zero-order valence-corrected chi connectivity index (χ0v) is 12.6. The number of benzene rings is 1. The highest BCUT2D eigenvalue weighted by Crippen LogP contribution is 2.43. The number of ether oxygens (including phenoxy) is 1. The lowest BCUT2D eigenvalue weighted by Crippen LogP contribution is -2.46. The molecule has 1 fully saturated rings. The van der Waals surface area contributed by atoms with E-state index < -0.39 is 0 Å². The number of allylic oxidation sites excluding steroid dienone is 1. The number of carbonyl (C=O) groups is 2. The summed E-state index contributed by atoms with van der Waals surface area (Å²) in [5.74, 6) is 0.705. The molecule has 3 rings (SSSR count). The second-order valence-corrected chi connectivity index (χ2v) is 5.90. The molecule has 0 saturated carbocycles. The van der Waals surface area contributed by atoms with Crippen LogP contribution in [0.4, 0.5) is 0 Å². The third-order valence-corrected chi connectivity index (χ3v) is 4.59. The van der Waals surface area contributed by atoms with Gasteiger partial charge in [-0.25, -0.2) is 0 Å². The van der Waals surface area contributed by atoms with Gasteiger partial charge >= 0.3 is 0 Å². The van der Waals surface area contributed by atoms with Crippen LogP contribution in [0.1, 0.15) is 36.0 Å². The highest BCUT2D eigenvalue weighted by molar-refractivity contribution is 5.94. The molecule has 2 N–H and O–H groups in total. The van der Waals surface area contributed by atoms with Gasteiger partial charge < -0.3 is 15.4 Å². The number of hydrogen-bond donors (Lipinski definition) is 2. The van der Waals surface area contributed by atoms with Crippen LogP contribution in [-0.2, 0) is 4.79 Å². The molecular formula is C17H20N2O3. The molecule has 0 radical (unpaired) electrons. The van der Waals surface area contributed by atoms with Gasteiger partial charge in [0.25, 0.3) is 5.91 Å². The van der Waals surface area contributed by atoms with Crippen molar-refractivity contribution in [2.24, 2.45) is 5.41 Å². The first-order valence-electron chi connectivity index (χ1n) is 7.56. The van der Waals surface area contributed by atoms with Crippen molar-refractivity contribution < 1.29 is 14.3 Å². The highest BCUT2D eigenvalue weighted by Gasteiger charge is 2.41. The topological polar surface area (TPSA) is 67.4 Å². The summed E-state index contributed by atoms with van der Waals surface area (Å²) in [5, 5.41) is 5.96. The maximum Gasteiger partial charge on any atom is 0.251 e. The summed E-state index contributed by atoms with van der Waals surface area (Å²) in [6.07, 6.45) is 5.33. The molecule has 1 aromatic rings.